The van der Waals surface area contributed by atoms with E-state index >= 15 is 0 Å². The number of hydrogen-bond donors (Lipinski definition) is 0. The van der Waals surface area contributed by atoms with Crippen molar-refractivity contribution in [1.82, 2.24) is 9.80 Å². The summed E-state index contributed by atoms with van der Waals surface area (Å²) in [6.45, 7) is 5.01. The third-order valence-electron chi connectivity index (χ3n) is 6.97. The average Bonchev–Trinajstić information content (AvgIpc) is 3.22. The van der Waals surface area contributed by atoms with Crippen molar-refractivity contribution in [3.8, 4) is 5.75 Å². The summed E-state index contributed by atoms with van der Waals surface area (Å²) in [7, 11) is 1.70. The van der Waals surface area contributed by atoms with E-state index < -0.39 is 0 Å². The maximum absolute atomic E-state index is 13.5. The Morgan fingerprint density at radius 2 is 1.33 bits per heavy atom. The van der Waals surface area contributed by atoms with Crippen molar-refractivity contribution < 1.29 is 14.3 Å². The molecule has 36 heavy (non-hydrogen) atoms. The van der Waals surface area contributed by atoms with Crippen molar-refractivity contribution in [2.24, 2.45) is 0 Å². The van der Waals surface area contributed by atoms with E-state index in [1.165, 1.54) is 0 Å². The number of para-hydroxylation sites is 2. The second-order valence-electron chi connectivity index (χ2n) is 9.13. The highest BCUT2D eigenvalue weighted by Crippen LogP contribution is 2.31. The van der Waals surface area contributed by atoms with Gasteiger partial charge in [0.1, 0.15) is 5.75 Å². The van der Waals surface area contributed by atoms with Crippen LogP contribution < -0.4 is 9.64 Å². The van der Waals surface area contributed by atoms with Gasteiger partial charge in [0.15, 0.2) is 5.78 Å². The highest BCUT2D eigenvalue weighted by Gasteiger charge is 2.36. The molecule has 6 heteroatoms. The number of nitrogens with zero attached hydrogens (tertiary/aromatic N) is 3. The molecule has 5 rings (SSSR count). The van der Waals surface area contributed by atoms with Crippen molar-refractivity contribution in [1.29, 1.82) is 0 Å². The molecular formula is C30H31N3O3. The molecule has 3 aromatic carbocycles. The van der Waals surface area contributed by atoms with Crippen LogP contribution in [0.1, 0.15) is 11.1 Å². The molecule has 2 aliphatic rings. The monoisotopic (exact) mass is 481 g/mol. The molecule has 2 heterocycles. The molecule has 2 fully saturated rings. The van der Waals surface area contributed by atoms with Gasteiger partial charge in [0.05, 0.1) is 24.9 Å². The molecule has 2 saturated heterocycles. The zero-order valence-corrected chi connectivity index (χ0v) is 20.6. The lowest BCUT2D eigenvalue weighted by atomic mass is 9.92. The first-order valence-electron chi connectivity index (χ1n) is 12.4. The number of benzene rings is 3. The zero-order valence-electron chi connectivity index (χ0n) is 20.6. The fourth-order valence-corrected chi connectivity index (χ4v) is 5.06. The van der Waals surface area contributed by atoms with Gasteiger partial charge in [0.2, 0.25) is 0 Å². The summed E-state index contributed by atoms with van der Waals surface area (Å²) in [5.41, 5.74) is 3.90. The van der Waals surface area contributed by atoms with Gasteiger partial charge in [0, 0.05) is 44.8 Å². The third-order valence-corrected chi connectivity index (χ3v) is 6.97. The Labute approximate surface area is 212 Å². The number of hydrogen-bond acceptors (Lipinski definition) is 5. The second kappa shape index (κ2) is 10.8. The maximum Gasteiger partial charge on any atom is 0.258 e. The smallest absolute Gasteiger partial charge is 0.258 e. The van der Waals surface area contributed by atoms with Gasteiger partial charge in [-0.15, -0.1) is 0 Å². The van der Waals surface area contributed by atoms with E-state index in [1.807, 2.05) is 78.9 Å². The van der Waals surface area contributed by atoms with Crippen molar-refractivity contribution in [3.05, 3.63) is 102 Å². The number of piperazine rings is 1. The van der Waals surface area contributed by atoms with Crippen LogP contribution in [-0.2, 0) is 9.59 Å². The summed E-state index contributed by atoms with van der Waals surface area (Å²) in [5.74, 6) is 0.609. The number of anilines is 1. The molecule has 2 aliphatic heterocycles. The number of likely N-dealkylation sites (tertiary alicyclic amines) is 1. The minimum atomic E-state index is -0.171. The molecule has 0 unspecified atom stereocenters. The van der Waals surface area contributed by atoms with Gasteiger partial charge < -0.3 is 14.5 Å². The van der Waals surface area contributed by atoms with Crippen LogP contribution in [0.3, 0.4) is 0 Å². The molecule has 0 saturated carbocycles. The van der Waals surface area contributed by atoms with Gasteiger partial charge in [-0.05, 0) is 23.3 Å². The Bertz CT molecular complexity index is 1210. The lowest BCUT2D eigenvalue weighted by Gasteiger charge is -2.37. The molecule has 3 aromatic rings. The minimum Gasteiger partial charge on any atom is -0.495 e. The van der Waals surface area contributed by atoms with Crippen LogP contribution in [0.15, 0.2) is 90.5 Å². The number of Topliss-reactive ketones (excluding diaryl/α,β-unsaturated/α-hetero) is 1. The third kappa shape index (κ3) is 4.90. The Morgan fingerprint density at radius 1 is 0.750 bits per heavy atom. The maximum atomic E-state index is 13.5. The largest absolute Gasteiger partial charge is 0.495 e. The summed E-state index contributed by atoms with van der Waals surface area (Å²) in [6.07, 6.45) is 0. The zero-order chi connectivity index (χ0) is 24.9. The summed E-state index contributed by atoms with van der Waals surface area (Å²) >= 11 is 0. The molecular weight excluding hydrogens is 450 g/mol. The predicted molar refractivity (Wildman–Crippen MR) is 142 cm³/mol. The van der Waals surface area contributed by atoms with E-state index in [0.717, 1.165) is 60.9 Å². The summed E-state index contributed by atoms with van der Waals surface area (Å²) in [6, 6.07) is 27.5. The molecule has 0 N–H and O–H groups in total. The van der Waals surface area contributed by atoms with Gasteiger partial charge >= 0.3 is 0 Å². The lowest BCUT2D eigenvalue weighted by Crippen LogP contribution is -2.48. The van der Waals surface area contributed by atoms with Gasteiger partial charge in [-0.25, -0.2) is 0 Å². The normalized spacial score (nSPS) is 16.5. The molecule has 6 nitrogen and oxygen atoms in total. The van der Waals surface area contributed by atoms with Crippen LogP contribution in [-0.4, -0.2) is 74.4 Å². The van der Waals surface area contributed by atoms with Crippen molar-refractivity contribution in [2.45, 2.75) is 0 Å². The van der Waals surface area contributed by atoms with Crippen LogP contribution in [0.2, 0.25) is 0 Å². The number of carbonyl (C=O) groups excluding carboxylic acids is 2. The Balaban J connectivity index is 1.27. The van der Waals surface area contributed by atoms with Crippen molar-refractivity contribution in [2.75, 3.05) is 57.8 Å². The minimum absolute atomic E-state index is 0.108. The highest BCUT2D eigenvalue weighted by atomic mass is 16.5. The number of ether oxygens (including phenoxy) is 1. The van der Waals surface area contributed by atoms with E-state index in [9.17, 15) is 9.59 Å². The van der Waals surface area contributed by atoms with Gasteiger partial charge in [-0.1, -0.05) is 72.8 Å². The number of carbonyl (C=O) groups is 2. The molecule has 0 atom stereocenters. The summed E-state index contributed by atoms with van der Waals surface area (Å²) in [4.78, 5) is 33.0. The Hall–Kier alpha value is -3.90. The molecule has 0 bridgehead atoms. The van der Waals surface area contributed by atoms with Gasteiger partial charge in [-0.2, -0.15) is 0 Å². The van der Waals surface area contributed by atoms with Gasteiger partial charge in [0.25, 0.3) is 5.91 Å². The molecule has 1 amide bonds. The average molecular weight is 482 g/mol. The number of rotatable bonds is 7. The van der Waals surface area contributed by atoms with Crippen LogP contribution in [0, 0.1) is 0 Å². The van der Waals surface area contributed by atoms with E-state index in [1.54, 1.807) is 12.0 Å². The Kier molecular flexibility index (Phi) is 7.14. The molecule has 0 aromatic heterocycles. The van der Waals surface area contributed by atoms with E-state index in [4.69, 9.17) is 4.74 Å². The number of amides is 1. The van der Waals surface area contributed by atoms with Crippen molar-refractivity contribution in [3.63, 3.8) is 0 Å². The molecule has 0 spiro atoms. The number of ketones is 1. The molecule has 0 radical (unpaired) electrons. The number of methoxy groups -OCH3 is 1. The van der Waals surface area contributed by atoms with Crippen LogP contribution in [0.5, 0.6) is 5.75 Å². The topological polar surface area (TPSA) is 53.1 Å². The van der Waals surface area contributed by atoms with E-state index in [2.05, 4.69) is 15.9 Å². The van der Waals surface area contributed by atoms with Crippen LogP contribution in [0.4, 0.5) is 5.69 Å². The SMILES string of the molecule is COc1ccccc1N1CCN(CCN2CC(=O)C(=C(c3ccccc3)c3ccccc3)C2=O)CC1. The second-order valence-corrected chi connectivity index (χ2v) is 9.13. The molecule has 184 valence electrons. The van der Waals surface area contributed by atoms with Crippen LogP contribution >= 0.6 is 0 Å². The van der Waals surface area contributed by atoms with Crippen LogP contribution in [0.25, 0.3) is 5.57 Å². The first-order valence-corrected chi connectivity index (χ1v) is 12.4. The fourth-order valence-electron chi connectivity index (χ4n) is 5.06. The first kappa shape index (κ1) is 23.8. The Morgan fingerprint density at radius 3 is 1.94 bits per heavy atom. The first-order chi connectivity index (χ1) is 17.7. The predicted octanol–water partition coefficient (Wildman–Crippen LogP) is 3.73. The molecule has 0 aliphatic carbocycles. The fraction of sp³-hybridized carbons (Fsp3) is 0.267. The van der Waals surface area contributed by atoms with E-state index in [-0.39, 0.29) is 18.2 Å². The highest BCUT2D eigenvalue weighted by molar-refractivity contribution is 6.30. The lowest BCUT2D eigenvalue weighted by molar-refractivity contribution is -0.125. The summed E-state index contributed by atoms with van der Waals surface area (Å²) in [5, 5.41) is 0. The summed E-state index contributed by atoms with van der Waals surface area (Å²) < 4.78 is 5.52. The van der Waals surface area contributed by atoms with E-state index in [0.29, 0.717) is 12.1 Å². The quantitative estimate of drug-likeness (QED) is 0.380. The standard InChI is InChI=1S/C30H31N3O3/c1-36-27-15-9-8-14-25(27)32-19-16-31(17-20-32)18-21-33-22-26(34)29(30(33)35)28(23-10-4-2-5-11-23)24-12-6-3-7-13-24/h2-15H,16-22H2,1H3. The van der Waals surface area contributed by atoms with Crippen molar-refractivity contribution >= 4 is 23.0 Å². The van der Waals surface area contributed by atoms with Gasteiger partial charge in [-0.3, -0.25) is 14.5 Å².